The number of alkyl halides is 3. The van der Waals surface area contributed by atoms with Gasteiger partial charge in [0.15, 0.2) is 0 Å². The monoisotopic (exact) mass is 392 g/mol. The molecule has 0 saturated heterocycles. The molecule has 0 spiro atoms. The van der Waals surface area contributed by atoms with Crippen molar-refractivity contribution in [2.45, 2.75) is 18.0 Å². The fourth-order valence-corrected chi connectivity index (χ4v) is 3.29. The zero-order valence-electron chi connectivity index (χ0n) is 12.7. The molecule has 2 N–H and O–H groups in total. The van der Waals surface area contributed by atoms with E-state index >= 15 is 0 Å². The number of benzene rings is 2. The highest BCUT2D eigenvalue weighted by Crippen LogP contribution is 2.31. The molecule has 0 fully saturated rings. The van der Waals surface area contributed by atoms with Gasteiger partial charge in [-0.25, -0.2) is 8.42 Å². The van der Waals surface area contributed by atoms with Crippen LogP contribution in [0.1, 0.15) is 12.5 Å². The Labute approximate surface area is 146 Å². The van der Waals surface area contributed by atoms with Crippen LogP contribution in [0.25, 0.3) is 0 Å². The lowest BCUT2D eigenvalue weighted by molar-refractivity contribution is -0.137. The fourth-order valence-electron chi connectivity index (χ4n) is 1.93. The fraction of sp³-hybridized carbons (Fsp3) is 0.133. The van der Waals surface area contributed by atoms with E-state index in [1.54, 1.807) is 0 Å². The Balaban J connectivity index is 2.31. The molecule has 0 saturated carbocycles. The SMILES string of the molecule is CC(=O)Nc1ccc(S(=O)(=O)Nc2cccc(C(F)(F)F)c2)cc1Cl. The van der Waals surface area contributed by atoms with Gasteiger partial charge in [-0.2, -0.15) is 13.2 Å². The molecule has 0 bridgehead atoms. The maximum Gasteiger partial charge on any atom is 0.416 e. The van der Waals surface area contributed by atoms with Crippen molar-refractivity contribution in [1.29, 1.82) is 0 Å². The molecule has 134 valence electrons. The van der Waals surface area contributed by atoms with Crippen molar-refractivity contribution in [3.05, 3.63) is 53.1 Å². The number of halogens is 4. The van der Waals surface area contributed by atoms with Crippen LogP contribution >= 0.6 is 11.6 Å². The first kappa shape index (κ1) is 19.1. The van der Waals surface area contributed by atoms with Crippen LogP contribution in [0, 0.1) is 0 Å². The Hall–Kier alpha value is -2.26. The van der Waals surface area contributed by atoms with Crippen molar-refractivity contribution in [3.8, 4) is 0 Å². The smallest absolute Gasteiger partial charge is 0.325 e. The Morgan fingerprint density at radius 3 is 2.36 bits per heavy atom. The maximum atomic E-state index is 12.7. The Morgan fingerprint density at radius 2 is 1.80 bits per heavy atom. The second kappa shape index (κ2) is 6.93. The van der Waals surface area contributed by atoms with Crippen LogP contribution in [-0.4, -0.2) is 14.3 Å². The third-order valence-electron chi connectivity index (χ3n) is 3.00. The van der Waals surface area contributed by atoms with Crippen molar-refractivity contribution in [3.63, 3.8) is 0 Å². The van der Waals surface area contributed by atoms with Gasteiger partial charge in [-0.05, 0) is 36.4 Å². The van der Waals surface area contributed by atoms with E-state index in [0.717, 1.165) is 18.2 Å². The van der Waals surface area contributed by atoms with Gasteiger partial charge in [-0.15, -0.1) is 0 Å². The number of hydrogen-bond donors (Lipinski definition) is 2. The summed E-state index contributed by atoms with van der Waals surface area (Å²) in [6.45, 7) is 1.26. The normalized spacial score (nSPS) is 11.9. The summed E-state index contributed by atoms with van der Waals surface area (Å²) in [5, 5.41) is 2.39. The number of rotatable bonds is 4. The third kappa shape index (κ3) is 4.86. The summed E-state index contributed by atoms with van der Waals surface area (Å²) in [6, 6.07) is 7.34. The minimum atomic E-state index is -4.59. The summed E-state index contributed by atoms with van der Waals surface area (Å²) in [5.41, 5.74) is -1.00. The minimum absolute atomic E-state index is 0.0258. The van der Waals surface area contributed by atoms with Crippen LogP contribution in [0.3, 0.4) is 0 Å². The highest BCUT2D eigenvalue weighted by Gasteiger charge is 2.30. The molecule has 0 aliphatic rings. The predicted molar refractivity (Wildman–Crippen MR) is 88.0 cm³/mol. The summed E-state index contributed by atoms with van der Waals surface area (Å²) in [4.78, 5) is 10.7. The number of carbonyl (C=O) groups excluding carboxylic acids is 1. The highest BCUT2D eigenvalue weighted by molar-refractivity contribution is 7.92. The van der Waals surface area contributed by atoms with Crippen molar-refractivity contribution in [1.82, 2.24) is 0 Å². The van der Waals surface area contributed by atoms with Crippen LogP contribution in [0.4, 0.5) is 24.5 Å². The first-order valence-corrected chi connectivity index (χ1v) is 8.62. The molecule has 0 heterocycles. The van der Waals surface area contributed by atoms with Crippen molar-refractivity contribution in [2.24, 2.45) is 0 Å². The second-order valence-electron chi connectivity index (χ2n) is 5.01. The summed E-state index contributed by atoms with van der Waals surface area (Å²) in [6.07, 6.45) is -4.59. The molecule has 0 aliphatic heterocycles. The van der Waals surface area contributed by atoms with Gasteiger partial charge in [0.25, 0.3) is 10.0 Å². The molecular weight excluding hydrogens is 381 g/mol. The molecule has 5 nitrogen and oxygen atoms in total. The van der Waals surface area contributed by atoms with E-state index in [4.69, 9.17) is 11.6 Å². The zero-order chi connectivity index (χ0) is 18.8. The van der Waals surface area contributed by atoms with Crippen molar-refractivity contribution < 1.29 is 26.4 Å². The molecule has 10 heteroatoms. The van der Waals surface area contributed by atoms with Gasteiger partial charge in [0.1, 0.15) is 0 Å². The van der Waals surface area contributed by atoms with Gasteiger partial charge in [0, 0.05) is 12.6 Å². The predicted octanol–water partition coefficient (Wildman–Crippen LogP) is 4.12. The molecule has 0 unspecified atom stereocenters. The van der Waals surface area contributed by atoms with Crippen LogP contribution in [0.15, 0.2) is 47.4 Å². The van der Waals surface area contributed by atoms with E-state index in [2.05, 4.69) is 10.0 Å². The molecule has 0 aliphatic carbocycles. The number of nitrogens with one attached hydrogen (secondary N) is 2. The van der Waals surface area contributed by atoms with Gasteiger partial charge in [0.2, 0.25) is 5.91 Å². The lowest BCUT2D eigenvalue weighted by Gasteiger charge is -2.12. The van der Waals surface area contributed by atoms with Gasteiger partial charge >= 0.3 is 6.18 Å². The number of hydrogen-bond acceptors (Lipinski definition) is 3. The minimum Gasteiger partial charge on any atom is -0.325 e. The number of carbonyl (C=O) groups is 1. The number of amides is 1. The van der Waals surface area contributed by atoms with Crippen molar-refractivity contribution >= 4 is 38.9 Å². The zero-order valence-corrected chi connectivity index (χ0v) is 14.3. The molecule has 2 aromatic carbocycles. The molecular formula is C15H12ClF3N2O3S. The van der Waals surface area contributed by atoms with Crippen LogP contribution < -0.4 is 10.0 Å². The summed E-state index contributed by atoms with van der Waals surface area (Å²) < 4.78 is 64.8. The Kier molecular flexibility index (Phi) is 5.28. The average Bonchev–Trinajstić information content (AvgIpc) is 2.47. The standard InChI is InChI=1S/C15H12ClF3N2O3S/c1-9(22)20-14-6-5-12(8-13(14)16)25(23,24)21-11-4-2-3-10(7-11)15(17,18)19/h2-8,21H,1H3,(H,20,22). The molecule has 0 aromatic heterocycles. The van der Waals surface area contributed by atoms with E-state index in [9.17, 15) is 26.4 Å². The molecule has 0 radical (unpaired) electrons. The van der Waals surface area contributed by atoms with E-state index in [-0.39, 0.29) is 27.2 Å². The van der Waals surface area contributed by atoms with E-state index in [1.165, 1.54) is 25.1 Å². The summed E-state index contributed by atoms with van der Waals surface area (Å²) in [5.74, 6) is -0.389. The number of anilines is 2. The van der Waals surface area contributed by atoms with Gasteiger partial charge in [-0.1, -0.05) is 17.7 Å². The van der Waals surface area contributed by atoms with Crippen LogP contribution in [0.5, 0.6) is 0 Å². The van der Waals surface area contributed by atoms with Gasteiger partial charge in [0.05, 0.1) is 21.2 Å². The average molecular weight is 393 g/mol. The first-order chi connectivity index (χ1) is 11.5. The van der Waals surface area contributed by atoms with Gasteiger partial charge in [-0.3, -0.25) is 9.52 Å². The van der Waals surface area contributed by atoms with E-state index in [0.29, 0.717) is 6.07 Å². The molecule has 2 aromatic rings. The summed E-state index contributed by atoms with van der Waals surface area (Å²) >= 11 is 5.91. The third-order valence-corrected chi connectivity index (χ3v) is 4.70. The number of sulfonamides is 1. The molecule has 1 amide bonds. The van der Waals surface area contributed by atoms with E-state index < -0.39 is 21.8 Å². The quantitative estimate of drug-likeness (QED) is 0.821. The van der Waals surface area contributed by atoms with E-state index in [1.807, 2.05) is 0 Å². The molecule has 0 atom stereocenters. The Bertz CT molecular complexity index is 914. The van der Waals surface area contributed by atoms with Crippen LogP contribution in [-0.2, 0) is 21.0 Å². The molecule has 25 heavy (non-hydrogen) atoms. The van der Waals surface area contributed by atoms with Crippen molar-refractivity contribution in [2.75, 3.05) is 10.0 Å². The lowest BCUT2D eigenvalue weighted by Crippen LogP contribution is -2.14. The highest BCUT2D eigenvalue weighted by atomic mass is 35.5. The Morgan fingerprint density at radius 1 is 1.12 bits per heavy atom. The summed E-state index contributed by atoms with van der Waals surface area (Å²) in [7, 11) is -4.16. The second-order valence-corrected chi connectivity index (χ2v) is 7.10. The van der Waals surface area contributed by atoms with Crippen LogP contribution in [0.2, 0.25) is 5.02 Å². The molecule has 2 rings (SSSR count). The first-order valence-electron chi connectivity index (χ1n) is 6.76. The van der Waals surface area contributed by atoms with Gasteiger partial charge < -0.3 is 5.32 Å². The lowest BCUT2D eigenvalue weighted by atomic mass is 10.2. The maximum absolute atomic E-state index is 12.7. The topological polar surface area (TPSA) is 75.3 Å². The largest absolute Gasteiger partial charge is 0.416 e.